The van der Waals surface area contributed by atoms with Crippen LogP contribution < -0.4 is 5.32 Å². The number of carboxylic acid groups (broad SMARTS) is 1. The Kier molecular flexibility index (Phi) is 4.83. The third-order valence-corrected chi connectivity index (χ3v) is 5.58. The summed E-state index contributed by atoms with van der Waals surface area (Å²) in [5.74, 6) is -0.641. The van der Waals surface area contributed by atoms with Gasteiger partial charge in [-0.1, -0.05) is 22.0 Å². The molecule has 1 aromatic carbocycles. The molecule has 2 fully saturated rings. The van der Waals surface area contributed by atoms with Gasteiger partial charge in [0.25, 0.3) is 0 Å². The zero-order valence-electron chi connectivity index (χ0n) is 12.4. The normalized spacial score (nSPS) is 31.5. The second-order valence-electron chi connectivity index (χ2n) is 6.58. The van der Waals surface area contributed by atoms with Crippen LogP contribution in [0.2, 0.25) is 0 Å². The number of carbonyl (C=O) groups is 1. The van der Waals surface area contributed by atoms with Crippen LogP contribution in [-0.4, -0.2) is 23.2 Å². The van der Waals surface area contributed by atoms with Gasteiger partial charge in [0, 0.05) is 16.6 Å². The first-order valence-corrected chi connectivity index (χ1v) is 8.76. The molecule has 2 N–H and O–H groups in total. The Bertz CT molecular complexity index is 552. The molecule has 2 aliphatic rings. The lowest BCUT2D eigenvalue weighted by Crippen LogP contribution is -2.47. The molecule has 120 valence electrons. The van der Waals surface area contributed by atoms with Gasteiger partial charge < -0.3 is 10.4 Å². The Morgan fingerprint density at radius 3 is 2.45 bits per heavy atom. The zero-order valence-corrected chi connectivity index (χ0v) is 14.0. The zero-order chi connectivity index (χ0) is 15.7. The predicted octanol–water partition coefficient (Wildman–Crippen LogP) is 4.07. The van der Waals surface area contributed by atoms with E-state index in [4.69, 9.17) is 5.11 Å². The molecule has 0 saturated heterocycles. The van der Waals surface area contributed by atoms with Crippen molar-refractivity contribution in [3.05, 3.63) is 34.1 Å². The molecule has 3 nitrogen and oxygen atoms in total. The van der Waals surface area contributed by atoms with Crippen LogP contribution in [0.5, 0.6) is 0 Å². The lowest BCUT2D eigenvalue weighted by molar-refractivity contribution is -0.142. The quantitative estimate of drug-likeness (QED) is 0.840. The Morgan fingerprint density at radius 2 is 1.86 bits per heavy atom. The molecule has 0 bridgehead atoms. The van der Waals surface area contributed by atoms with E-state index in [1.807, 2.05) is 12.1 Å². The molecule has 3 rings (SSSR count). The molecule has 0 aromatic heterocycles. The summed E-state index contributed by atoms with van der Waals surface area (Å²) in [6, 6.07) is 6.17. The number of nitrogens with one attached hydrogen (secondary N) is 1. The highest BCUT2D eigenvalue weighted by Crippen LogP contribution is 2.39. The second kappa shape index (κ2) is 6.67. The van der Waals surface area contributed by atoms with Gasteiger partial charge in [-0.15, -0.1) is 0 Å². The monoisotopic (exact) mass is 369 g/mol. The number of carboxylic acids is 1. The Morgan fingerprint density at radius 1 is 1.18 bits per heavy atom. The topological polar surface area (TPSA) is 49.3 Å². The molecule has 0 heterocycles. The van der Waals surface area contributed by atoms with Crippen molar-refractivity contribution in [3.8, 4) is 0 Å². The van der Waals surface area contributed by atoms with Gasteiger partial charge in [0.15, 0.2) is 0 Å². The predicted molar refractivity (Wildman–Crippen MR) is 86.4 cm³/mol. The molecule has 0 amide bonds. The van der Waals surface area contributed by atoms with Gasteiger partial charge in [-0.05, 0) is 62.1 Å². The molecule has 0 radical (unpaired) electrons. The largest absolute Gasteiger partial charge is 0.481 e. The van der Waals surface area contributed by atoms with Crippen LogP contribution in [0, 0.1) is 11.7 Å². The minimum Gasteiger partial charge on any atom is -0.481 e. The maximum Gasteiger partial charge on any atom is 0.306 e. The Balaban J connectivity index is 1.45. The van der Waals surface area contributed by atoms with Gasteiger partial charge >= 0.3 is 5.97 Å². The fourth-order valence-electron chi connectivity index (χ4n) is 3.68. The first-order chi connectivity index (χ1) is 10.5. The van der Waals surface area contributed by atoms with Gasteiger partial charge in [0.1, 0.15) is 5.82 Å². The van der Waals surface area contributed by atoms with Crippen molar-refractivity contribution < 1.29 is 14.3 Å². The summed E-state index contributed by atoms with van der Waals surface area (Å²) >= 11 is 3.28. The summed E-state index contributed by atoms with van der Waals surface area (Å²) in [5, 5.41) is 12.6. The van der Waals surface area contributed by atoms with Gasteiger partial charge in [-0.25, -0.2) is 4.39 Å². The molecule has 1 aromatic rings. The number of hydrogen-bond donors (Lipinski definition) is 2. The molecule has 5 heteroatoms. The highest BCUT2D eigenvalue weighted by atomic mass is 79.9. The molecule has 2 saturated carbocycles. The van der Waals surface area contributed by atoms with Gasteiger partial charge in [-0.2, -0.15) is 0 Å². The maximum absolute atomic E-state index is 13.9. The molecule has 0 aliphatic heterocycles. The van der Waals surface area contributed by atoms with E-state index in [-0.39, 0.29) is 11.7 Å². The Labute approximate surface area is 138 Å². The Hall–Kier alpha value is -0.940. The molecule has 2 aliphatic carbocycles. The SMILES string of the molecule is O=C(O)C1CCC(NC2CC(c3ccc(Br)cc3F)C2)CC1. The molecular formula is C17H21BrFNO2. The summed E-state index contributed by atoms with van der Waals surface area (Å²) in [7, 11) is 0. The highest BCUT2D eigenvalue weighted by molar-refractivity contribution is 9.10. The van der Waals surface area contributed by atoms with E-state index < -0.39 is 5.97 Å². The maximum atomic E-state index is 13.9. The third-order valence-electron chi connectivity index (χ3n) is 5.09. The van der Waals surface area contributed by atoms with Crippen LogP contribution in [0.4, 0.5) is 4.39 Å². The van der Waals surface area contributed by atoms with E-state index in [1.165, 1.54) is 6.07 Å². The van der Waals surface area contributed by atoms with Crippen LogP contribution in [0.3, 0.4) is 0 Å². The molecular weight excluding hydrogens is 349 g/mol. The van der Waals surface area contributed by atoms with E-state index in [0.717, 1.165) is 48.6 Å². The first-order valence-electron chi connectivity index (χ1n) is 7.96. The smallest absolute Gasteiger partial charge is 0.306 e. The molecule has 0 spiro atoms. The van der Waals surface area contributed by atoms with Crippen molar-refractivity contribution in [2.24, 2.45) is 5.92 Å². The van der Waals surface area contributed by atoms with Crippen molar-refractivity contribution in [2.75, 3.05) is 0 Å². The summed E-state index contributed by atoms with van der Waals surface area (Å²) in [6.45, 7) is 0. The third kappa shape index (κ3) is 3.51. The first kappa shape index (κ1) is 15.9. The van der Waals surface area contributed by atoms with E-state index in [2.05, 4.69) is 21.2 Å². The summed E-state index contributed by atoms with van der Waals surface area (Å²) in [5.41, 5.74) is 0.816. The number of aliphatic carboxylic acids is 1. The van der Waals surface area contributed by atoms with Gasteiger partial charge in [-0.3, -0.25) is 4.79 Å². The standard InChI is InChI=1S/C17H21BrFNO2/c18-12-3-6-15(16(19)9-12)11-7-14(8-11)20-13-4-1-10(2-5-13)17(21)22/h3,6,9-11,13-14,20H,1-2,4-5,7-8H2,(H,21,22). The number of halogens is 2. The van der Waals surface area contributed by atoms with Gasteiger partial charge in [0.05, 0.1) is 5.92 Å². The van der Waals surface area contributed by atoms with E-state index in [9.17, 15) is 9.18 Å². The van der Waals surface area contributed by atoms with Crippen molar-refractivity contribution in [1.29, 1.82) is 0 Å². The lowest BCUT2D eigenvalue weighted by Gasteiger charge is -2.40. The fourth-order valence-corrected chi connectivity index (χ4v) is 4.01. The summed E-state index contributed by atoms with van der Waals surface area (Å²) < 4.78 is 14.7. The number of benzene rings is 1. The van der Waals surface area contributed by atoms with Crippen LogP contribution in [0.15, 0.2) is 22.7 Å². The summed E-state index contributed by atoms with van der Waals surface area (Å²) in [4.78, 5) is 10.9. The van der Waals surface area contributed by atoms with Gasteiger partial charge in [0.2, 0.25) is 0 Å². The van der Waals surface area contributed by atoms with Crippen LogP contribution in [0.25, 0.3) is 0 Å². The van der Waals surface area contributed by atoms with E-state index in [0.29, 0.717) is 18.0 Å². The molecule has 0 unspecified atom stereocenters. The van der Waals surface area contributed by atoms with Crippen molar-refractivity contribution in [2.45, 2.75) is 56.5 Å². The van der Waals surface area contributed by atoms with Crippen LogP contribution in [0.1, 0.15) is 50.0 Å². The van der Waals surface area contributed by atoms with E-state index >= 15 is 0 Å². The van der Waals surface area contributed by atoms with E-state index in [1.54, 1.807) is 0 Å². The number of hydrogen-bond acceptors (Lipinski definition) is 2. The van der Waals surface area contributed by atoms with Crippen LogP contribution >= 0.6 is 15.9 Å². The highest BCUT2D eigenvalue weighted by Gasteiger charge is 2.34. The minimum absolute atomic E-state index is 0.125. The molecule has 22 heavy (non-hydrogen) atoms. The van der Waals surface area contributed by atoms with Crippen molar-refractivity contribution in [3.63, 3.8) is 0 Å². The van der Waals surface area contributed by atoms with Crippen LogP contribution in [-0.2, 0) is 4.79 Å². The lowest BCUT2D eigenvalue weighted by atomic mass is 9.74. The minimum atomic E-state index is -0.659. The van der Waals surface area contributed by atoms with Crippen molar-refractivity contribution >= 4 is 21.9 Å². The number of rotatable bonds is 4. The molecule has 0 atom stereocenters. The average Bonchev–Trinajstić information content (AvgIpc) is 2.44. The second-order valence-corrected chi connectivity index (χ2v) is 7.50. The fraction of sp³-hybridized carbons (Fsp3) is 0.588. The average molecular weight is 370 g/mol. The summed E-state index contributed by atoms with van der Waals surface area (Å²) in [6.07, 6.45) is 5.35. The van der Waals surface area contributed by atoms with Crippen molar-refractivity contribution in [1.82, 2.24) is 5.32 Å².